The first-order valence-electron chi connectivity index (χ1n) is 7.93. The Morgan fingerprint density at radius 1 is 1.00 bits per heavy atom. The molecule has 0 aliphatic carbocycles. The zero-order chi connectivity index (χ0) is 17.4. The molecule has 0 unspecified atom stereocenters. The van der Waals surface area contributed by atoms with E-state index in [0.717, 1.165) is 37.5 Å². The first-order chi connectivity index (χ1) is 12.1. The molecule has 4 rings (SSSR count). The maximum Gasteiger partial charge on any atom is 0.335 e. The third-order valence-corrected chi connectivity index (χ3v) is 5.43. The largest absolute Gasteiger partial charge is 0.478 e. The summed E-state index contributed by atoms with van der Waals surface area (Å²) in [5.74, 6) is -0.914. The van der Waals surface area contributed by atoms with E-state index in [2.05, 4.69) is 0 Å². The molecule has 3 aromatic carbocycles. The number of nitrogens with zero attached hydrogens (tertiary/aromatic N) is 1. The monoisotopic (exact) mass is 345 g/mol. The number of hydrogen-bond acceptors (Lipinski definition) is 3. The van der Waals surface area contributed by atoms with Crippen LogP contribution in [0.25, 0.3) is 31.8 Å². The number of carboxylic acids is 1. The van der Waals surface area contributed by atoms with Gasteiger partial charge in [0.15, 0.2) is 0 Å². The van der Waals surface area contributed by atoms with Gasteiger partial charge in [-0.25, -0.2) is 9.78 Å². The molecule has 4 aromatic rings. The van der Waals surface area contributed by atoms with E-state index in [1.54, 1.807) is 23.5 Å². The van der Waals surface area contributed by atoms with E-state index < -0.39 is 5.97 Å². The molecule has 0 fully saturated rings. The SMILES string of the molecule is Cc1nc(-c2ccccc2)sc1-c1cccc2ccc(C(=O)O)cc12. The fourth-order valence-corrected chi connectivity index (χ4v) is 4.07. The van der Waals surface area contributed by atoms with Crippen molar-refractivity contribution in [3.8, 4) is 21.0 Å². The maximum atomic E-state index is 11.3. The van der Waals surface area contributed by atoms with Crippen LogP contribution in [0.15, 0.2) is 66.7 Å². The molecule has 0 aliphatic rings. The minimum Gasteiger partial charge on any atom is -0.478 e. The third-order valence-electron chi connectivity index (χ3n) is 4.19. The van der Waals surface area contributed by atoms with Crippen LogP contribution < -0.4 is 0 Å². The summed E-state index contributed by atoms with van der Waals surface area (Å²) < 4.78 is 0. The van der Waals surface area contributed by atoms with Crippen LogP contribution in [0, 0.1) is 6.92 Å². The smallest absolute Gasteiger partial charge is 0.335 e. The number of thiazole rings is 1. The van der Waals surface area contributed by atoms with Crippen molar-refractivity contribution in [3.63, 3.8) is 0 Å². The van der Waals surface area contributed by atoms with Crippen LogP contribution in [-0.4, -0.2) is 16.1 Å². The fourth-order valence-electron chi connectivity index (χ4n) is 2.95. The highest BCUT2D eigenvalue weighted by atomic mass is 32.1. The molecule has 1 N–H and O–H groups in total. The number of aromatic nitrogens is 1. The molecule has 0 aliphatic heterocycles. The fraction of sp³-hybridized carbons (Fsp3) is 0.0476. The summed E-state index contributed by atoms with van der Waals surface area (Å²) in [6.07, 6.45) is 0. The lowest BCUT2D eigenvalue weighted by Crippen LogP contribution is -1.95. The van der Waals surface area contributed by atoms with Crippen LogP contribution in [0.4, 0.5) is 0 Å². The summed E-state index contributed by atoms with van der Waals surface area (Å²) in [4.78, 5) is 17.1. The van der Waals surface area contributed by atoms with Crippen LogP contribution in [0.2, 0.25) is 0 Å². The first kappa shape index (κ1) is 15.5. The molecular formula is C21H15NO2S. The van der Waals surface area contributed by atoms with Crippen LogP contribution in [0.3, 0.4) is 0 Å². The quantitative estimate of drug-likeness (QED) is 0.523. The lowest BCUT2D eigenvalue weighted by atomic mass is 10.0. The molecule has 0 saturated heterocycles. The van der Waals surface area contributed by atoms with Crippen LogP contribution >= 0.6 is 11.3 Å². The van der Waals surface area contributed by atoms with E-state index >= 15 is 0 Å². The van der Waals surface area contributed by atoms with Gasteiger partial charge in [0.05, 0.1) is 16.1 Å². The van der Waals surface area contributed by atoms with Gasteiger partial charge in [-0.05, 0) is 29.8 Å². The van der Waals surface area contributed by atoms with Gasteiger partial charge in [0.1, 0.15) is 5.01 Å². The van der Waals surface area contributed by atoms with Crippen molar-refractivity contribution in [2.75, 3.05) is 0 Å². The van der Waals surface area contributed by atoms with E-state index in [1.165, 1.54) is 0 Å². The molecular weight excluding hydrogens is 330 g/mol. The molecule has 0 saturated carbocycles. The Kier molecular flexibility index (Phi) is 3.82. The summed E-state index contributed by atoms with van der Waals surface area (Å²) in [6.45, 7) is 2.00. The number of benzene rings is 3. The van der Waals surface area contributed by atoms with Gasteiger partial charge in [-0.15, -0.1) is 11.3 Å². The lowest BCUT2D eigenvalue weighted by molar-refractivity contribution is 0.0697. The Bertz CT molecular complexity index is 1080. The number of aromatic carboxylic acids is 1. The van der Waals surface area contributed by atoms with Crippen molar-refractivity contribution in [2.45, 2.75) is 6.92 Å². The number of aryl methyl sites for hydroxylation is 1. The number of carbonyl (C=O) groups is 1. The zero-order valence-corrected chi connectivity index (χ0v) is 14.4. The summed E-state index contributed by atoms with van der Waals surface area (Å²) in [6, 6.07) is 21.4. The van der Waals surface area contributed by atoms with Gasteiger partial charge >= 0.3 is 5.97 Å². The average Bonchev–Trinajstić information content (AvgIpc) is 3.03. The summed E-state index contributed by atoms with van der Waals surface area (Å²) >= 11 is 1.64. The van der Waals surface area contributed by atoms with Gasteiger partial charge in [-0.2, -0.15) is 0 Å². The van der Waals surface area contributed by atoms with Crippen LogP contribution in [0.1, 0.15) is 16.1 Å². The van der Waals surface area contributed by atoms with Gasteiger partial charge in [-0.3, -0.25) is 0 Å². The van der Waals surface area contributed by atoms with Gasteiger partial charge in [0.2, 0.25) is 0 Å². The van der Waals surface area contributed by atoms with E-state index in [9.17, 15) is 9.90 Å². The number of fused-ring (bicyclic) bond motifs is 1. The highest BCUT2D eigenvalue weighted by Crippen LogP contribution is 2.38. The zero-order valence-electron chi connectivity index (χ0n) is 13.6. The van der Waals surface area contributed by atoms with Gasteiger partial charge in [0, 0.05) is 11.1 Å². The lowest BCUT2D eigenvalue weighted by Gasteiger charge is -2.06. The second-order valence-corrected chi connectivity index (χ2v) is 6.85. The molecule has 0 atom stereocenters. The van der Waals surface area contributed by atoms with Crippen molar-refractivity contribution in [1.29, 1.82) is 0 Å². The second-order valence-electron chi connectivity index (χ2n) is 5.85. The van der Waals surface area contributed by atoms with E-state index in [1.807, 2.05) is 61.5 Å². The highest BCUT2D eigenvalue weighted by molar-refractivity contribution is 7.18. The standard InChI is InChI=1S/C21H15NO2S/c1-13-19(25-20(22-13)15-6-3-2-4-7-15)17-9-5-8-14-10-11-16(21(23)24)12-18(14)17/h2-12H,1H3,(H,23,24). The van der Waals surface area contributed by atoms with E-state index in [4.69, 9.17) is 4.98 Å². The topological polar surface area (TPSA) is 50.2 Å². The molecule has 0 radical (unpaired) electrons. The third kappa shape index (κ3) is 2.81. The molecule has 3 nitrogen and oxygen atoms in total. The number of carboxylic acid groups (broad SMARTS) is 1. The van der Waals surface area contributed by atoms with Crippen LogP contribution in [-0.2, 0) is 0 Å². The summed E-state index contributed by atoms with van der Waals surface area (Å²) in [5, 5.41) is 12.2. The minimum atomic E-state index is -0.914. The Morgan fingerprint density at radius 2 is 1.80 bits per heavy atom. The Hall–Kier alpha value is -2.98. The van der Waals surface area contributed by atoms with Gasteiger partial charge in [-0.1, -0.05) is 54.6 Å². The summed E-state index contributed by atoms with van der Waals surface area (Å²) in [5.41, 5.74) is 3.37. The van der Waals surface area contributed by atoms with Crippen molar-refractivity contribution in [3.05, 3.63) is 78.0 Å². The molecule has 122 valence electrons. The first-order valence-corrected chi connectivity index (χ1v) is 8.74. The Balaban J connectivity index is 1.92. The molecule has 1 heterocycles. The number of hydrogen-bond donors (Lipinski definition) is 1. The molecule has 0 amide bonds. The molecule has 25 heavy (non-hydrogen) atoms. The molecule has 0 bridgehead atoms. The van der Waals surface area contributed by atoms with Crippen molar-refractivity contribution in [2.24, 2.45) is 0 Å². The maximum absolute atomic E-state index is 11.3. The normalized spacial score (nSPS) is 10.9. The van der Waals surface area contributed by atoms with Gasteiger partial charge in [0.25, 0.3) is 0 Å². The van der Waals surface area contributed by atoms with Crippen molar-refractivity contribution < 1.29 is 9.90 Å². The molecule has 0 spiro atoms. The van der Waals surface area contributed by atoms with Crippen molar-refractivity contribution in [1.82, 2.24) is 4.98 Å². The predicted molar refractivity (Wildman–Crippen MR) is 102 cm³/mol. The van der Waals surface area contributed by atoms with Gasteiger partial charge < -0.3 is 5.11 Å². The Labute approximate surface area is 149 Å². The second kappa shape index (κ2) is 6.15. The van der Waals surface area contributed by atoms with E-state index in [-0.39, 0.29) is 0 Å². The minimum absolute atomic E-state index is 0.297. The molecule has 4 heteroatoms. The predicted octanol–water partition coefficient (Wildman–Crippen LogP) is 5.64. The average molecular weight is 345 g/mol. The van der Waals surface area contributed by atoms with Crippen molar-refractivity contribution >= 4 is 28.1 Å². The number of rotatable bonds is 3. The summed E-state index contributed by atoms with van der Waals surface area (Å²) in [7, 11) is 0. The van der Waals surface area contributed by atoms with Crippen LogP contribution in [0.5, 0.6) is 0 Å². The highest BCUT2D eigenvalue weighted by Gasteiger charge is 2.14. The molecule has 1 aromatic heterocycles. The Morgan fingerprint density at radius 3 is 2.56 bits per heavy atom. The van der Waals surface area contributed by atoms with E-state index in [0.29, 0.717) is 5.56 Å².